The molecule has 0 aliphatic heterocycles. The summed E-state index contributed by atoms with van der Waals surface area (Å²) in [4.78, 5) is 20.9. The lowest BCUT2D eigenvalue weighted by atomic mass is 10.2. The molecule has 0 aromatic heterocycles. The summed E-state index contributed by atoms with van der Waals surface area (Å²) in [6.07, 6.45) is 5.36. The van der Waals surface area contributed by atoms with Crippen LogP contribution in [0.25, 0.3) is 0 Å². The number of nitro benzene ring substituents is 1. The zero-order valence-corrected chi connectivity index (χ0v) is 8.77. The molecule has 1 aromatic carbocycles. The summed E-state index contributed by atoms with van der Waals surface area (Å²) in [5.74, 6) is 0.770. The van der Waals surface area contributed by atoms with E-state index in [-0.39, 0.29) is 12.1 Å². The van der Waals surface area contributed by atoms with Gasteiger partial charge in [0, 0.05) is 24.6 Å². The fraction of sp³-hybridized carbons (Fsp3) is 0.182. The van der Waals surface area contributed by atoms with E-state index in [0.717, 1.165) is 12.1 Å². The molecule has 0 heterocycles. The molecule has 0 aliphatic rings. The second kappa shape index (κ2) is 5.61. The first-order chi connectivity index (χ1) is 8.06. The molecule has 0 unspecified atom stereocenters. The number of rotatable bonds is 4. The van der Waals surface area contributed by atoms with Gasteiger partial charge in [0.1, 0.15) is 0 Å². The predicted octanol–water partition coefficient (Wildman–Crippen LogP) is 1.49. The molecule has 0 aliphatic carbocycles. The predicted molar refractivity (Wildman–Crippen MR) is 58.8 cm³/mol. The van der Waals surface area contributed by atoms with Crippen molar-refractivity contribution in [2.75, 3.05) is 6.54 Å². The second-order valence-electron chi connectivity index (χ2n) is 3.13. The van der Waals surface area contributed by atoms with Gasteiger partial charge in [0.05, 0.1) is 4.92 Å². The Morgan fingerprint density at radius 3 is 2.82 bits per heavy atom. The van der Waals surface area contributed by atoms with E-state index in [1.807, 2.05) is 0 Å². The molecule has 17 heavy (non-hydrogen) atoms. The summed E-state index contributed by atoms with van der Waals surface area (Å²) in [5.41, 5.74) is -0.643. The number of nitro groups is 1. The fourth-order valence-corrected chi connectivity index (χ4v) is 1.15. The minimum Gasteiger partial charge on any atom is -0.351 e. The van der Waals surface area contributed by atoms with Gasteiger partial charge in [-0.2, -0.15) is 4.39 Å². The number of nitrogens with zero attached hydrogens (tertiary/aromatic N) is 1. The molecule has 88 valence electrons. The molecule has 0 atom stereocenters. The summed E-state index contributed by atoms with van der Waals surface area (Å²) < 4.78 is 13.2. The van der Waals surface area contributed by atoms with Crippen LogP contribution in [0, 0.1) is 28.3 Å². The highest BCUT2D eigenvalue weighted by Crippen LogP contribution is 2.17. The zero-order chi connectivity index (χ0) is 12.8. The van der Waals surface area contributed by atoms with Gasteiger partial charge in [-0.05, 0) is 12.1 Å². The van der Waals surface area contributed by atoms with Crippen molar-refractivity contribution in [1.82, 2.24) is 5.32 Å². The molecular formula is C11H9FN2O3. The van der Waals surface area contributed by atoms with Gasteiger partial charge in [-0.1, -0.05) is 0 Å². The van der Waals surface area contributed by atoms with Crippen molar-refractivity contribution < 1.29 is 14.1 Å². The highest BCUT2D eigenvalue weighted by Gasteiger charge is 2.16. The van der Waals surface area contributed by atoms with E-state index >= 15 is 0 Å². The van der Waals surface area contributed by atoms with Gasteiger partial charge < -0.3 is 5.32 Å². The number of hydrogen-bond acceptors (Lipinski definition) is 3. The molecule has 1 aromatic rings. The highest BCUT2D eigenvalue weighted by atomic mass is 19.1. The first-order valence-corrected chi connectivity index (χ1v) is 4.72. The molecule has 1 amide bonds. The van der Waals surface area contributed by atoms with Crippen molar-refractivity contribution in [3.8, 4) is 12.3 Å². The van der Waals surface area contributed by atoms with Crippen molar-refractivity contribution in [1.29, 1.82) is 0 Å². The van der Waals surface area contributed by atoms with Crippen LogP contribution in [0.1, 0.15) is 16.8 Å². The van der Waals surface area contributed by atoms with Crippen LogP contribution < -0.4 is 5.32 Å². The van der Waals surface area contributed by atoms with Crippen molar-refractivity contribution in [3.63, 3.8) is 0 Å². The third-order valence-electron chi connectivity index (χ3n) is 1.96. The van der Waals surface area contributed by atoms with Crippen LogP contribution >= 0.6 is 0 Å². The Labute approximate surface area is 96.8 Å². The Kier molecular flexibility index (Phi) is 4.17. The maximum absolute atomic E-state index is 13.2. The lowest BCUT2D eigenvalue weighted by molar-refractivity contribution is -0.387. The number of carbonyl (C=O) groups is 1. The Morgan fingerprint density at radius 1 is 1.59 bits per heavy atom. The second-order valence-corrected chi connectivity index (χ2v) is 3.13. The topological polar surface area (TPSA) is 72.2 Å². The van der Waals surface area contributed by atoms with Crippen LogP contribution in [0.5, 0.6) is 0 Å². The lowest BCUT2D eigenvalue weighted by Crippen LogP contribution is -2.24. The molecule has 0 saturated carbocycles. The van der Waals surface area contributed by atoms with Gasteiger partial charge in [0.2, 0.25) is 5.82 Å². The minimum atomic E-state index is -1.04. The number of benzene rings is 1. The van der Waals surface area contributed by atoms with Crippen LogP contribution in [0.3, 0.4) is 0 Å². The molecule has 0 bridgehead atoms. The normalized spacial score (nSPS) is 9.41. The van der Waals surface area contributed by atoms with Crippen molar-refractivity contribution >= 4 is 11.6 Å². The molecule has 0 radical (unpaired) electrons. The minimum absolute atomic E-state index is 0.0186. The van der Waals surface area contributed by atoms with Gasteiger partial charge in [-0.3, -0.25) is 14.9 Å². The monoisotopic (exact) mass is 236 g/mol. The van der Waals surface area contributed by atoms with Crippen molar-refractivity contribution in [2.45, 2.75) is 6.42 Å². The highest BCUT2D eigenvalue weighted by molar-refractivity contribution is 5.94. The Balaban J connectivity index is 2.80. The molecule has 1 N–H and O–H groups in total. The van der Waals surface area contributed by atoms with Gasteiger partial charge in [0.25, 0.3) is 5.91 Å². The Bertz CT molecular complexity index is 494. The number of carbonyl (C=O) groups excluding carboxylic acids is 1. The number of amides is 1. The van der Waals surface area contributed by atoms with Crippen LogP contribution in [0.4, 0.5) is 10.1 Å². The largest absolute Gasteiger partial charge is 0.351 e. The van der Waals surface area contributed by atoms with E-state index in [0.29, 0.717) is 6.42 Å². The number of hydrogen-bond donors (Lipinski definition) is 1. The molecule has 1 rings (SSSR count). The zero-order valence-electron chi connectivity index (χ0n) is 8.77. The molecule has 6 heteroatoms. The number of halogens is 1. The maximum atomic E-state index is 13.2. The molecule has 5 nitrogen and oxygen atoms in total. The van der Waals surface area contributed by atoms with Crippen LogP contribution in [0.15, 0.2) is 18.2 Å². The van der Waals surface area contributed by atoms with E-state index in [2.05, 4.69) is 11.2 Å². The van der Waals surface area contributed by atoms with E-state index in [4.69, 9.17) is 6.42 Å². The SMILES string of the molecule is C#CCCNC(=O)c1ccc([N+](=O)[O-])c(F)c1. The van der Waals surface area contributed by atoms with Crippen LogP contribution in [-0.4, -0.2) is 17.4 Å². The molecule has 0 fully saturated rings. The fourth-order valence-electron chi connectivity index (χ4n) is 1.15. The van der Waals surface area contributed by atoms with Crippen LogP contribution in [0.2, 0.25) is 0 Å². The lowest BCUT2D eigenvalue weighted by Gasteiger charge is -2.03. The summed E-state index contributed by atoms with van der Waals surface area (Å²) in [6, 6.07) is 2.96. The smallest absolute Gasteiger partial charge is 0.304 e. The number of terminal acetylenes is 1. The quantitative estimate of drug-likeness (QED) is 0.372. The Morgan fingerprint density at radius 2 is 2.29 bits per heavy atom. The molecule has 0 spiro atoms. The standard InChI is InChI=1S/C11H9FN2O3/c1-2-3-6-13-11(15)8-4-5-10(14(16)17)9(12)7-8/h1,4-5,7H,3,6H2,(H,13,15). The third-order valence-corrected chi connectivity index (χ3v) is 1.96. The van der Waals surface area contributed by atoms with E-state index in [1.165, 1.54) is 6.07 Å². The third kappa shape index (κ3) is 3.28. The average Bonchev–Trinajstić information content (AvgIpc) is 2.28. The summed E-state index contributed by atoms with van der Waals surface area (Å²) in [7, 11) is 0. The number of nitrogens with one attached hydrogen (secondary N) is 1. The van der Waals surface area contributed by atoms with Crippen LogP contribution in [-0.2, 0) is 0 Å². The van der Waals surface area contributed by atoms with Gasteiger partial charge in [-0.25, -0.2) is 0 Å². The summed E-state index contributed by atoms with van der Waals surface area (Å²) >= 11 is 0. The van der Waals surface area contributed by atoms with Crippen molar-refractivity contribution in [2.24, 2.45) is 0 Å². The molecule has 0 saturated heterocycles. The summed E-state index contributed by atoms with van der Waals surface area (Å²) in [6.45, 7) is 0.272. The van der Waals surface area contributed by atoms with Gasteiger partial charge in [-0.15, -0.1) is 12.3 Å². The Hall–Kier alpha value is -2.42. The van der Waals surface area contributed by atoms with E-state index in [1.54, 1.807) is 0 Å². The van der Waals surface area contributed by atoms with Gasteiger partial charge >= 0.3 is 5.69 Å². The average molecular weight is 236 g/mol. The first-order valence-electron chi connectivity index (χ1n) is 4.72. The van der Waals surface area contributed by atoms with E-state index < -0.39 is 22.3 Å². The van der Waals surface area contributed by atoms with E-state index in [9.17, 15) is 19.3 Å². The first kappa shape index (κ1) is 12.6. The van der Waals surface area contributed by atoms with Crippen molar-refractivity contribution in [3.05, 3.63) is 39.7 Å². The maximum Gasteiger partial charge on any atom is 0.304 e. The van der Waals surface area contributed by atoms with Gasteiger partial charge in [0.15, 0.2) is 0 Å². The molecular weight excluding hydrogens is 227 g/mol. The summed E-state index contributed by atoms with van der Waals surface area (Å²) in [5, 5.41) is 12.8.